The molecule has 300 valence electrons. The van der Waals surface area contributed by atoms with E-state index in [0.29, 0.717) is 37.1 Å². The van der Waals surface area contributed by atoms with Crippen LogP contribution in [0, 0.1) is 5.82 Å². The maximum atomic E-state index is 14.6. The van der Waals surface area contributed by atoms with Crippen LogP contribution in [-0.4, -0.2) is 44.4 Å². The Morgan fingerprint density at radius 3 is 1.88 bits per heavy atom. The summed E-state index contributed by atoms with van der Waals surface area (Å²) in [6.45, 7) is 11.7. The first kappa shape index (κ1) is 41.1. The number of benzene rings is 5. The van der Waals surface area contributed by atoms with Gasteiger partial charge in [0.25, 0.3) is 14.2 Å². The van der Waals surface area contributed by atoms with Crippen molar-refractivity contribution in [2.45, 2.75) is 89.9 Å². The van der Waals surface area contributed by atoms with Crippen molar-refractivity contribution in [2.75, 3.05) is 12.4 Å². The van der Waals surface area contributed by atoms with Crippen molar-refractivity contribution >= 4 is 30.3 Å². The van der Waals surface area contributed by atoms with E-state index in [2.05, 4.69) is 105 Å². The summed E-state index contributed by atoms with van der Waals surface area (Å²) >= 11 is 0. The monoisotopic (exact) mass is 794 g/mol. The van der Waals surface area contributed by atoms with E-state index in [-0.39, 0.29) is 34.9 Å². The van der Waals surface area contributed by atoms with Gasteiger partial charge in [0.15, 0.2) is 6.29 Å². The smallest absolute Gasteiger partial charge is 0.261 e. The third kappa shape index (κ3) is 8.52. The van der Waals surface area contributed by atoms with Gasteiger partial charge in [0.05, 0.1) is 23.5 Å². The fourth-order valence-electron chi connectivity index (χ4n) is 8.79. The maximum absolute atomic E-state index is 14.6. The van der Waals surface area contributed by atoms with E-state index >= 15 is 0 Å². The van der Waals surface area contributed by atoms with Gasteiger partial charge in [-0.05, 0) is 81.7 Å². The molecular weight excluding hydrogens is 740 g/mol. The Balaban J connectivity index is 1.30. The number of halogens is 1. The predicted octanol–water partition coefficient (Wildman–Crippen LogP) is 10.8. The van der Waals surface area contributed by atoms with Crippen molar-refractivity contribution in [2.24, 2.45) is 0 Å². The van der Waals surface area contributed by atoms with Crippen LogP contribution < -0.4 is 15.7 Å². The van der Waals surface area contributed by atoms with E-state index in [1.807, 2.05) is 72.8 Å². The van der Waals surface area contributed by atoms with E-state index in [4.69, 9.17) is 13.9 Å². The summed E-state index contributed by atoms with van der Waals surface area (Å²) in [4.78, 5) is 14.6. The van der Waals surface area contributed by atoms with Crippen molar-refractivity contribution in [3.63, 3.8) is 0 Å². The Bertz CT molecular complexity index is 2220. The van der Waals surface area contributed by atoms with Gasteiger partial charge in [-0.15, -0.1) is 0 Å². The van der Waals surface area contributed by atoms with E-state index in [1.54, 1.807) is 7.11 Å². The van der Waals surface area contributed by atoms with Crippen LogP contribution in [0.15, 0.2) is 146 Å². The highest BCUT2D eigenvalue weighted by Gasteiger charge is 2.52. The number of carbonyl (C=O) groups excluding carboxylic acids is 1. The molecule has 8 heteroatoms. The molecule has 6 nitrogen and oxygen atoms in total. The zero-order chi connectivity index (χ0) is 40.9. The minimum absolute atomic E-state index is 0.0292. The molecule has 1 aliphatic heterocycles. The van der Waals surface area contributed by atoms with E-state index in [1.165, 1.54) is 22.5 Å². The van der Waals surface area contributed by atoms with Crippen LogP contribution in [0.25, 0.3) is 22.4 Å². The second-order valence-corrected chi connectivity index (χ2v) is 20.8. The molecule has 1 N–H and O–H groups in total. The van der Waals surface area contributed by atoms with Crippen molar-refractivity contribution in [3.05, 3.63) is 163 Å². The second-order valence-electron chi connectivity index (χ2n) is 16.6. The van der Waals surface area contributed by atoms with Gasteiger partial charge >= 0.3 is 0 Å². The number of para-hydroxylation sites is 1. The normalized spacial score (nSPS) is 17.3. The average molecular weight is 795 g/mol. The Morgan fingerprint density at radius 1 is 0.793 bits per heavy atom. The molecule has 1 saturated heterocycles. The molecule has 0 saturated carbocycles. The first-order valence-electron chi connectivity index (χ1n) is 20.4. The fourth-order valence-corrected chi connectivity index (χ4v) is 13.5. The van der Waals surface area contributed by atoms with Crippen LogP contribution in [0.1, 0.15) is 75.9 Å². The van der Waals surface area contributed by atoms with Crippen LogP contribution in [0.5, 0.6) is 0 Å². The van der Waals surface area contributed by atoms with Gasteiger partial charge in [-0.3, -0.25) is 4.79 Å². The van der Waals surface area contributed by atoms with Gasteiger partial charge in [0.1, 0.15) is 5.82 Å². The average Bonchev–Trinajstić information content (AvgIpc) is 3.59. The molecule has 0 aliphatic carbocycles. The number of nitrogens with zero attached hydrogens (tertiary/aromatic N) is 1. The van der Waals surface area contributed by atoms with Gasteiger partial charge in [-0.25, -0.2) is 4.39 Å². The first-order chi connectivity index (χ1) is 28.0. The third-order valence-corrected chi connectivity index (χ3v) is 16.4. The Hall–Kier alpha value is -5.12. The molecule has 0 bridgehead atoms. The summed E-state index contributed by atoms with van der Waals surface area (Å²) in [6, 6.07) is 47.6. The largest absolute Gasteiger partial charge is 0.404 e. The third-order valence-electron chi connectivity index (χ3n) is 11.3. The number of hydrogen-bond donors (Lipinski definition) is 1. The van der Waals surface area contributed by atoms with Gasteiger partial charge in [-0.1, -0.05) is 144 Å². The number of carbonyl (C=O) groups is 1. The van der Waals surface area contributed by atoms with Crippen LogP contribution in [0.4, 0.5) is 10.1 Å². The molecule has 0 unspecified atom stereocenters. The van der Waals surface area contributed by atoms with Gasteiger partial charge in [0, 0.05) is 37.0 Å². The number of hydrogen-bond acceptors (Lipinski definition) is 4. The quantitative estimate of drug-likeness (QED) is 0.118. The molecule has 7 rings (SSSR count). The molecule has 5 aromatic carbocycles. The topological polar surface area (TPSA) is 61.7 Å². The standard InChI is InChI=1S/C50H55FN2O4Si/c1-35(2)47-46(49(54)52-39-21-13-8-14-22-39)45(36-19-11-7-12-20-36)48(37-27-29-38(51)30-28-37)53(47)32-31-40-33-41(34-44(55-6)56-40)57-58(50(3,4)5,42-23-15-9-16-24-42)43-25-17-10-18-26-43/h7-30,35,40-41,44H,31-34H2,1-6H3,(H,52,54)/t40-,41-,44-/m1/s1. The molecule has 0 spiro atoms. The van der Waals surface area contributed by atoms with Crippen molar-refractivity contribution in [1.29, 1.82) is 0 Å². The summed E-state index contributed by atoms with van der Waals surface area (Å²) in [5.41, 5.74) is 5.65. The molecule has 1 amide bonds. The lowest BCUT2D eigenvalue weighted by Crippen LogP contribution is -2.68. The number of anilines is 1. The summed E-state index contributed by atoms with van der Waals surface area (Å²) < 4.78 is 37.1. The number of methoxy groups -OCH3 is 1. The van der Waals surface area contributed by atoms with Gasteiger partial charge in [0.2, 0.25) is 0 Å². The molecule has 0 radical (unpaired) electrons. The molecule has 1 aromatic heterocycles. The molecule has 58 heavy (non-hydrogen) atoms. The molecule has 1 fully saturated rings. The van der Waals surface area contributed by atoms with Gasteiger partial charge < -0.3 is 23.8 Å². The molecule has 3 atom stereocenters. The van der Waals surface area contributed by atoms with Crippen LogP contribution in [-0.2, 0) is 20.4 Å². The Kier molecular flexibility index (Phi) is 12.6. The highest BCUT2D eigenvalue weighted by Crippen LogP contribution is 2.44. The molecule has 1 aliphatic rings. The fraction of sp³-hybridized carbons (Fsp3) is 0.300. The van der Waals surface area contributed by atoms with Crippen LogP contribution in [0.3, 0.4) is 0 Å². The SMILES string of the molecule is CO[C@H]1C[C@H](O[Si](c2ccccc2)(c2ccccc2)C(C)(C)C)C[C@@H](CCn2c(-c3ccc(F)cc3)c(-c3ccccc3)c(C(=O)Nc3ccccc3)c2C(C)C)O1. The lowest BCUT2D eigenvalue weighted by atomic mass is 9.94. The highest BCUT2D eigenvalue weighted by molar-refractivity contribution is 6.99. The van der Waals surface area contributed by atoms with Crippen molar-refractivity contribution in [3.8, 4) is 22.4 Å². The minimum Gasteiger partial charge on any atom is -0.404 e. The summed E-state index contributed by atoms with van der Waals surface area (Å²) in [7, 11) is -1.15. The lowest BCUT2D eigenvalue weighted by molar-refractivity contribution is -0.202. The molecule has 2 heterocycles. The van der Waals surface area contributed by atoms with Crippen LogP contribution in [0.2, 0.25) is 5.04 Å². The summed E-state index contributed by atoms with van der Waals surface area (Å²) in [5.74, 6) is -0.538. The number of aromatic nitrogens is 1. The molecular formula is C50H55FN2O4Si. The molecule has 6 aromatic rings. The second kappa shape index (κ2) is 17.8. The predicted molar refractivity (Wildman–Crippen MR) is 236 cm³/mol. The highest BCUT2D eigenvalue weighted by atomic mass is 28.4. The Labute approximate surface area is 344 Å². The zero-order valence-electron chi connectivity index (χ0n) is 34.5. The zero-order valence-corrected chi connectivity index (χ0v) is 35.5. The number of ether oxygens (including phenoxy) is 2. The van der Waals surface area contributed by atoms with Crippen LogP contribution >= 0.6 is 0 Å². The number of rotatable bonds is 13. The number of nitrogens with one attached hydrogen (secondary N) is 1. The van der Waals surface area contributed by atoms with Gasteiger partial charge in [-0.2, -0.15) is 0 Å². The summed E-state index contributed by atoms with van der Waals surface area (Å²) in [6.07, 6.45) is 1.15. The maximum Gasteiger partial charge on any atom is 0.261 e. The van der Waals surface area contributed by atoms with Crippen molar-refractivity contribution < 1.29 is 23.1 Å². The minimum atomic E-state index is -2.86. The lowest BCUT2D eigenvalue weighted by Gasteiger charge is -2.47. The summed E-state index contributed by atoms with van der Waals surface area (Å²) in [5, 5.41) is 5.47. The van der Waals surface area contributed by atoms with Crippen molar-refractivity contribution in [1.82, 2.24) is 4.57 Å². The Morgan fingerprint density at radius 2 is 1.34 bits per heavy atom. The van der Waals surface area contributed by atoms with E-state index in [9.17, 15) is 9.18 Å². The van der Waals surface area contributed by atoms with E-state index < -0.39 is 14.6 Å². The number of amides is 1. The first-order valence-corrected chi connectivity index (χ1v) is 22.3. The van der Waals surface area contributed by atoms with E-state index in [0.717, 1.165) is 28.1 Å².